The fourth-order valence-electron chi connectivity index (χ4n) is 3.10. The van der Waals surface area contributed by atoms with Gasteiger partial charge >= 0.3 is 0 Å². The lowest BCUT2D eigenvalue weighted by molar-refractivity contribution is 0.460. The fourth-order valence-corrected chi connectivity index (χ4v) is 3.51. The number of hydrogen-bond donors (Lipinski definition) is 0. The van der Waals surface area contributed by atoms with Crippen LogP contribution in [0.5, 0.6) is 0 Å². The Hall–Kier alpha value is -0.490. The van der Waals surface area contributed by atoms with Crippen LogP contribution < -0.4 is 0 Å². The van der Waals surface area contributed by atoms with E-state index in [1.165, 1.54) is 55.2 Å². The van der Waals surface area contributed by atoms with Crippen molar-refractivity contribution in [3.63, 3.8) is 0 Å². The molecule has 0 radical (unpaired) electrons. The zero-order valence-electron chi connectivity index (χ0n) is 11.0. The van der Waals surface area contributed by atoms with E-state index in [4.69, 9.17) is 11.6 Å². The maximum absolute atomic E-state index is 6.34. The third-order valence-electron chi connectivity index (χ3n) is 3.77. The molecule has 2 unspecified atom stereocenters. The molecule has 2 atom stereocenters. The Morgan fingerprint density at radius 3 is 2.41 bits per heavy atom. The Bertz CT molecular complexity index is 350. The van der Waals surface area contributed by atoms with Gasteiger partial charge in [-0.25, -0.2) is 0 Å². The highest BCUT2D eigenvalue weighted by Crippen LogP contribution is 2.29. The van der Waals surface area contributed by atoms with Crippen molar-refractivity contribution in [2.45, 2.75) is 57.7 Å². The van der Waals surface area contributed by atoms with E-state index in [9.17, 15) is 0 Å². The standard InChI is InChI=1S/C16H23Cl/c1-12-7-13(2)9-15(8-12)10-14-5-3-4-6-16(17)11-14/h7-9,14,16H,3-6,10-11H2,1-2H3. The SMILES string of the molecule is Cc1cc(C)cc(CC2CCCCC(Cl)C2)c1. The van der Waals surface area contributed by atoms with Crippen molar-refractivity contribution in [3.05, 3.63) is 34.9 Å². The average Bonchev–Trinajstić information content (AvgIpc) is 2.41. The highest BCUT2D eigenvalue weighted by molar-refractivity contribution is 6.20. The second-order valence-corrected chi connectivity index (χ2v) is 6.30. The first kappa shape index (κ1) is 13.0. The van der Waals surface area contributed by atoms with Gasteiger partial charge in [-0.3, -0.25) is 0 Å². The van der Waals surface area contributed by atoms with Crippen LogP contribution >= 0.6 is 11.6 Å². The zero-order chi connectivity index (χ0) is 12.3. The minimum Gasteiger partial charge on any atom is -0.123 e. The molecule has 1 fully saturated rings. The minimum atomic E-state index is 0.411. The van der Waals surface area contributed by atoms with Gasteiger partial charge in [0.05, 0.1) is 0 Å². The van der Waals surface area contributed by atoms with Crippen LogP contribution in [0.4, 0.5) is 0 Å². The molecule has 0 bridgehead atoms. The van der Waals surface area contributed by atoms with Gasteiger partial charge in [-0.2, -0.15) is 0 Å². The Morgan fingerprint density at radius 1 is 1.06 bits per heavy atom. The molecule has 2 rings (SSSR count). The van der Waals surface area contributed by atoms with Crippen molar-refractivity contribution < 1.29 is 0 Å². The van der Waals surface area contributed by atoms with E-state index in [0.717, 1.165) is 5.92 Å². The Labute approximate surface area is 110 Å². The molecule has 1 saturated carbocycles. The van der Waals surface area contributed by atoms with Crippen molar-refractivity contribution in [1.29, 1.82) is 0 Å². The van der Waals surface area contributed by atoms with Crippen LogP contribution in [0.3, 0.4) is 0 Å². The summed E-state index contributed by atoms with van der Waals surface area (Å²) in [5.41, 5.74) is 4.27. The van der Waals surface area contributed by atoms with Gasteiger partial charge in [0.25, 0.3) is 0 Å². The minimum absolute atomic E-state index is 0.411. The van der Waals surface area contributed by atoms with Crippen LogP contribution in [0.25, 0.3) is 0 Å². The summed E-state index contributed by atoms with van der Waals surface area (Å²) >= 11 is 6.34. The van der Waals surface area contributed by atoms with Gasteiger partial charge in [-0.15, -0.1) is 11.6 Å². The molecule has 0 heterocycles. The number of benzene rings is 1. The van der Waals surface area contributed by atoms with E-state index in [-0.39, 0.29) is 0 Å². The van der Waals surface area contributed by atoms with Gasteiger partial charge in [0.15, 0.2) is 0 Å². The lowest BCUT2D eigenvalue weighted by atomic mass is 9.91. The first-order chi connectivity index (χ1) is 8.13. The predicted molar refractivity (Wildman–Crippen MR) is 75.8 cm³/mol. The van der Waals surface area contributed by atoms with E-state index >= 15 is 0 Å². The smallest absolute Gasteiger partial charge is 0.0338 e. The molecule has 17 heavy (non-hydrogen) atoms. The van der Waals surface area contributed by atoms with Crippen LogP contribution in [0, 0.1) is 19.8 Å². The number of rotatable bonds is 2. The molecular weight excluding hydrogens is 228 g/mol. The molecule has 0 saturated heterocycles. The highest BCUT2D eigenvalue weighted by atomic mass is 35.5. The van der Waals surface area contributed by atoms with E-state index in [1.54, 1.807) is 0 Å². The molecule has 0 amide bonds. The van der Waals surface area contributed by atoms with Crippen molar-refractivity contribution in [2.24, 2.45) is 5.92 Å². The molecule has 0 aromatic heterocycles. The zero-order valence-corrected chi connectivity index (χ0v) is 11.8. The number of alkyl halides is 1. The molecule has 1 heteroatoms. The summed E-state index contributed by atoms with van der Waals surface area (Å²) in [5.74, 6) is 0.793. The largest absolute Gasteiger partial charge is 0.123 e. The molecule has 1 aromatic carbocycles. The summed E-state index contributed by atoms with van der Waals surface area (Å²) in [6.07, 6.45) is 7.66. The quantitative estimate of drug-likeness (QED) is 0.510. The van der Waals surface area contributed by atoms with Crippen molar-refractivity contribution in [3.8, 4) is 0 Å². The number of halogens is 1. The van der Waals surface area contributed by atoms with Crippen LogP contribution in [0.2, 0.25) is 0 Å². The van der Waals surface area contributed by atoms with Gasteiger partial charge in [-0.1, -0.05) is 48.6 Å². The average molecular weight is 251 g/mol. The van der Waals surface area contributed by atoms with E-state index in [2.05, 4.69) is 32.0 Å². The van der Waals surface area contributed by atoms with Crippen LogP contribution in [-0.4, -0.2) is 5.38 Å². The fraction of sp³-hybridized carbons (Fsp3) is 0.625. The van der Waals surface area contributed by atoms with Gasteiger partial charge < -0.3 is 0 Å². The van der Waals surface area contributed by atoms with E-state index in [1.807, 2.05) is 0 Å². The molecule has 0 N–H and O–H groups in total. The second kappa shape index (κ2) is 5.91. The number of aryl methyl sites for hydroxylation is 2. The monoisotopic (exact) mass is 250 g/mol. The summed E-state index contributed by atoms with van der Waals surface area (Å²) in [6.45, 7) is 4.38. The predicted octanol–water partition coefficient (Wildman–Crippen LogP) is 5.03. The van der Waals surface area contributed by atoms with Crippen molar-refractivity contribution in [2.75, 3.05) is 0 Å². The van der Waals surface area contributed by atoms with Gasteiger partial charge in [0.1, 0.15) is 0 Å². The number of hydrogen-bond acceptors (Lipinski definition) is 0. The Kier molecular flexibility index (Phi) is 4.50. The maximum atomic E-state index is 6.34. The van der Waals surface area contributed by atoms with Crippen LogP contribution in [0.15, 0.2) is 18.2 Å². The summed E-state index contributed by atoms with van der Waals surface area (Å²) < 4.78 is 0. The van der Waals surface area contributed by atoms with Crippen molar-refractivity contribution in [1.82, 2.24) is 0 Å². The van der Waals surface area contributed by atoms with Crippen LogP contribution in [0.1, 0.15) is 48.8 Å². The van der Waals surface area contributed by atoms with Gasteiger partial charge in [0.2, 0.25) is 0 Å². The molecule has 1 aliphatic carbocycles. The molecule has 1 aliphatic rings. The molecule has 0 nitrogen and oxygen atoms in total. The molecule has 1 aromatic rings. The van der Waals surface area contributed by atoms with Gasteiger partial charge in [-0.05, 0) is 44.6 Å². The summed E-state index contributed by atoms with van der Waals surface area (Å²) in [4.78, 5) is 0. The summed E-state index contributed by atoms with van der Waals surface area (Å²) in [7, 11) is 0. The third kappa shape index (κ3) is 4.03. The topological polar surface area (TPSA) is 0 Å². The Balaban J connectivity index is 2.03. The van der Waals surface area contributed by atoms with Crippen LogP contribution in [-0.2, 0) is 6.42 Å². The molecule has 0 aliphatic heterocycles. The lowest BCUT2D eigenvalue weighted by Crippen LogP contribution is -2.09. The third-order valence-corrected chi connectivity index (χ3v) is 4.17. The summed E-state index contributed by atoms with van der Waals surface area (Å²) in [5, 5.41) is 0.411. The Morgan fingerprint density at radius 2 is 1.71 bits per heavy atom. The maximum Gasteiger partial charge on any atom is 0.0338 e. The first-order valence-electron chi connectivity index (χ1n) is 6.85. The van der Waals surface area contributed by atoms with Gasteiger partial charge in [0, 0.05) is 5.38 Å². The normalized spacial score (nSPS) is 25.6. The molecular formula is C16H23Cl. The second-order valence-electron chi connectivity index (χ2n) is 5.68. The molecule has 94 valence electrons. The lowest BCUT2D eigenvalue weighted by Gasteiger charge is -2.16. The highest BCUT2D eigenvalue weighted by Gasteiger charge is 2.18. The van der Waals surface area contributed by atoms with E-state index in [0.29, 0.717) is 5.38 Å². The van der Waals surface area contributed by atoms with Crippen molar-refractivity contribution >= 4 is 11.6 Å². The van der Waals surface area contributed by atoms with E-state index < -0.39 is 0 Å². The summed E-state index contributed by atoms with van der Waals surface area (Å²) in [6, 6.07) is 6.92. The first-order valence-corrected chi connectivity index (χ1v) is 7.28. The molecule has 0 spiro atoms.